The summed E-state index contributed by atoms with van der Waals surface area (Å²) >= 11 is 0. The summed E-state index contributed by atoms with van der Waals surface area (Å²) in [6.07, 6.45) is 0. The Morgan fingerprint density at radius 2 is 2.36 bits per heavy atom. The minimum absolute atomic E-state index is 0.489. The SMILES string of the molecule is Cc1cc(CNc2nn[nH]n2)c(C)o1. The first-order valence-electron chi connectivity index (χ1n) is 4.29. The second-order valence-electron chi connectivity index (χ2n) is 3.03. The van der Waals surface area contributed by atoms with E-state index in [1.54, 1.807) is 0 Å². The maximum Gasteiger partial charge on any atom is 0.263 e. The Balaban J connectivity index is 2.01. The summed E-state index contributed by atoms with van der Waals surface area (Å²) in [6, 6.07) is 1.99. The second-order valence-corrected chi connectivity index (χ2v) is 3.03. The Hall–Kier alpha value is -1.85. The fourth-order valence-electron chi connectivity index (χ4n) is 1.27. The number of rotatable bonds is 3. The van der Waals surface area contributed by atoms with Crippen molar-refractivity contribution in [3.63, 3.8) is 0 Å². The average Bonchev–Trinajstić information content (AvgIpc) is 2.72. The molecular formula is C8H11N5O. The van der Waals surface area contributed by atoms with Gasteiger partial charge in [0.25, 0.3) is 5.95 Å². The fourth-order valence-corrected chi connectivity index (χ4v) is 1.27. The summed E-state index contributed by atoms with van der Waals surface area (Å²) in [5.74, 6) is 2.31. The normalized spacial score (nSPS) is 10.4. The van der Waals surface area contributed by atoms with Gasteiger partial charge in [0.1, 0.15) is 11.5 Å². The smallest absolute Gasteiger partial charge is 0.263 e. The monoisotopic (exact) mass is 193 g/mol. The minimum Gasteiger partial charge on any atom is -0.466 e. The molecule has 2 aromatic heterocycles. The highest BCUT2D eigenvalue weighted by Crippen LogP contribution is 2.14. The number of aromatic amines is 1. The van der Waals surface area contributed by atoms with Gasteiger partial charge in [-0.15, -0.1) is 5.10 Å². The lowest BCUT2D eigenvalue weighted by Gasteiger charge is -1.98. The number of aryl methyl sites for hydroxylation is 2. The van der Waals surface area contributed by atoms with Crippen LogP contribution in [-0.2, 0) is 6.54 Å². The highest BCUT2D eigenvalue weighted by molar-refractivity contribution is 5.27. The van der Waals surface area contributed by atoms with Crippen LogP contribution >= 0.6 is 0 Å². The van der Waals surface area contributed by atoms with Gasteiger partial charge in [-0.05, 0) is 25.1 Å². The predicted molar refractivity (Wildman–Crippen MR) is 49.7 cm³/mol. The van der Waals surface area contributed by atoms with Gasteiger partial charge in [-0.25, -0.2) is 0 Å². The molecule has 0 aliphatic carbocycles. The number of tetrazole rings is 1. The number of nitrogens with one attached hydrogen (secondary N) is 2. The van der Waals surface area contributed by atoms with Crippen LogP contribution < -0.4 is 5.32 Å². The number of anilines is 1. The minimum atomic E-state index is 0.489. The number of aromatic nitrogens is 4. The number of H-pyrrole nitrogens is 1. The molecule has 14 heavy (non-hydrogen) atoms. The average molecular weight is 193 g/mol. The number of nitrogens with zero attached hydrogens (tertiary/aromatic N) is 3. The van der Waals surface area contributed by atoms with Crippen molar-refractivity contribution < 1.29 is 4.42 Å². The van der Waals surface area contributed by atoms with Crippen molar-refractivity contribution in [3.8, 4) is 0 Å². The van der Waals surface area contributed by atoms with Crippen molar-refractivity contribution >= 4 is 5.95 Å². The van der Waals surface area contributed by atoms with Gasteiger partial charge in [0.15, 0.2) is 0 Å². The van der Waals surface area contributed by atoms with E-state index in [0.29, 0.717) is 12.5 Å². The molecule has 0 aliphatic heterocycles. The molecule has 0 atom stereocenters. The molecular weight excluding hydrogens is 182 g/mol. The zero-order chi connectivity index (χ0) is 9.97. The zero-order valence-electron chi connectivity index (χ0n) is 8.03. The summed E-state index contributed by atoms with van der Waals surface area (Å²) in [5.41, 5.74) is 1.10. The Labute approximate surface area is 80.7 Å². The molecule has 0 radical (unpaired) electrons. The zero-order valence-corrected chi connectivity index (χ0v) is 8.03. The van der Waals surface area contributed by atoms with Gasteiger partial charge < -0.3 is 9.73 Å². The fraction of sp³-hybridized carbons (Fsp3) is 0.375. The molecule has 2 aromatic rings. The highest BCUT2D eigenvalue weighted by Gasteiger charge is 2.04. The molecule has 0 amide bonds. The van der Waals surface area contributed by atoms with Crippen LogP contribution in [0.5, 0.6) is 0 Å². The topological polar surface area (TPSA) is 79.6 Å². The van der Waals surface area contributed by atoms with E-state index in [2.05, 4.69) is 25.9 Å². The molecule has 0 unspecified atom stereocenters. The van der Waals surface area contributed by atoms with Crippen molar-refractivity contribution in [1.82, 2.24) is 20.6 Å². The van der Waals surface area contributed by atoms with Crippen molar-refractivity contribution in [2.24, 2.45) is 0 Å². The lowest BCUT2D eigenvalue weighted by atomic mass is 10.2. The van der Waals surface area contributed by atoms with Crippen molar-refractivity contribution in [2.45, 2.75) is 20.4 Å². The van der Waals surface area contributed by atoms with E-state index in [1.165, 1.54) is 0 Å². The van der Waals surface area contributed by atoms with E-state index in [9.17, 15) is 0 Å². The van der Waals surface area contributed by atoms with Crippen LogP contribution in [0, 0.1) is 13.8 Å². The summed E-state index contributed by atoms with van der Waals surface area (Å²) < 4.78 is 5.38. The molecule has 0 fully saturated rings. The molecule has 0 saturated heterocycles. The van der Waals surface area contributed by atoms with Gasteiger partial charge in [0.05, 0.1) is 0 Å². The van der Waals surface area contributed by atoms with E-state index < -0.39 is 0 Å². The van der Waals surface area contributed by atoms with Crippen molar-refractivity contribution in [2.75, 3.05) is 5.32 Å². The maximum atomic E-state index is 5.38. The van der Waals surface area contributed by atoms with Crippen LogP contribution in [0.2, 0.25) is 0 Å². The van der Waals surface area contributed by atoms with Gasteiger partial charge in [-0.2, -0.15) is 5.21 Å². The van der Waals surface area contributed by atoms with E-state index in [1.807, 2.05) is 19.9 Å². The van der Waals surface area contributed by atoms with Crippen molar-refractivity contribution in [1.29, 1.82) is 0 Å². The second kappa shape index (κ2) is 3.49. The molecule has 0 aromatic carbocycles. The lowest BCUT2D eigenvalue weighted by molar-refractivity contribution is 0.501. The molecule has 0 spiro atoms. The Morgan fingerprint density at radius 3 is 2.93 bits per heavy atom. The molecule has 0 saturated carbocycles. The Kier molecular flexibility index (Phi) is 2.18. The van der Waals surface area contributed by atoms with E-state index in [4.69, 9.17) is 4.42 Å². The van der Waals surface area contributed by atoms with Gasteiger partial charge in [-0.3, -0.25) is 0 Å². The van der Waals surface area contributed by atoms with Gasteiger partial charge >= 0.3 is 0 Å². The van der Waals surface area contributed by atoms with Crippen LogP contribution in [0.1, 0.15) is 17.1 Å². The highest BCUT2D eigenvalue weighted by atomic mass is 16.3. The molecule has 2 heterocycles. The quantitative estimate of drug-likeness (QED) is 0.760. The van der Waals surface area contributed by atoms with Crippen molar-refractivity contribution in [3.05, 3.63) is 23.2 Å². The summed E-state index contributed by atoms with van der Waals surface area (Å²) in [5, 5.41) is 16.4. The molecule has 6 nitrogen and oxygen atoms in total. The number of hydrogen-bond acceptors (Lipinski definition) is 5. The van der Waals surface area contributed by atoms with Crippen LogP contribution in [0.25, 0.3) is 0 Å². The third-order valence-electron chi connectivity index (χ3n) is 1.93. The summed E-state index contributed by atoms with van der Waals surface area (Å²) in [7, 11) is 0. The lowest BCUT2D eigenvalue weighted by Crippen LogP contribution is -2.01. The largest absolute Gasteiger partial charge is 0.466 e. The summed E-state index contributed by atoms with van der Waals surface area (Å²) in [6.45, 7) is 4.49. The molecule has 0 aliphatic rings. The molecule has 2 rings (SSSR count). The number of furan rings is 1. The standard InChI is InChI=1S/C8H11N5O/c1-5-3-7(6(2)14-5)4-9-8-10-12-13-11-8/h3H,4H2,1-2H3,(H2,9,10,11,12,13). The molecule has 0 bridgehead atoms. The summed E-state index contributed by atoms with van der Waals surface area (Å²) in [4.78, 5) is 0. The van der Waals surface area contributed by atoms with E-state index in [-0.39, 0.29) is 0 Å². The van der Waals surface area contributed by atoms with Gasteiger partial charge in [0, 0.05) is 12.1 Å². The predicted octanol–water partition coefficient (Wildman–Crippen LogP) is 1.02. The third-order valence-corrected chi connectivity index (χ3v) is 1.93. The van der Waals surface area contributed by atoms with Crippen LogP contribution in [-0.4, -0.2) is 20.6 Å². The maximum absolute atomic E-state index is 5.38. The Bertz CT molecular complexity index is 405. The molecule has 2 N–H and O–H groups in total. The third kappa shape index (κ3) is 1.73. The van der Waals surface area contributed by atoms with Gasteiger partial charge in [0.2, 0.25) is 0 Å². The molecule has 74 valence electrons. The first-order valence-corrected chi connectivity index (χ1v) is 4.29. The number of hydrogen-bond donors (Lipinski definition) is 2. The molecule has 6 heteroatoms. The van der Waals surface area contributed by atoms with Crippen LogP contribution in [0.4, 0.5) is 5.95 Å². The van der Waals surface area contributed by atoms with E-state index in [0.717, 1.165) is 17.1 Å². The van der Waals surface area contributed by atoms with Gasteiger partial charge in [-0.1, -0.05) is 5.10 Å². The van der Waals surface area contributed by atoms with Crippen LogP contribution in [0.3, 0.4) is 0 Å². The van der Waals surface area contributed by atoms with Crippen LogP contribution in [0.15, 0.2) is 10.5 Å². The van der Waals surface area contributed by atoms with E-state index >= 15 is 0 Å². The first-order chi connectivity index (χ1) is 6.75. The Morgan fingerprint density at radius 1 is 1.50 bits per heavy atom. The first kappa shape index (κ1) is 8.74.